The molecule has 0 unspecified atom stereocenters. The molecule has 0 fully saturated rings. The Hall–Kier alpha value is -1.11. The van der Waals surface area contributed by atoms with Gasteiger partial charge < -0.3 is 5.73 Å². The lowest BCUT2D eigenvalue weighted by Gasteiger charge is -2.15. The summed E-state index contributed by atoms with van der Waals surface area (Å²) < 4.78 is 23.9. The number of hydrogen-bond donors (Lipinski definition) is 2. The monoisotopic (exact) mass is 243 g/mol. The van der Waals surface area contributed by atoms with Crippen molar-refractivity contribution in [2.75, 3.05) is 19.8 Å². The zero-order valence-corrected chi connectivity index (χ0v) is 10.5. The Balaban J connectivity index is 3.25. The molecule has 5 nitrogen and oxygen atoms in total. The van der Waals surface area contributed by atoms with Crippen LogP contribution in [0.3, 0.4) is 0 Å². The molecule has 0 aliphatic rings. The van der Waals surface area contributed by atoms with E-state index < -0.39 is 10.0 Å². The number of benzene rings is 1. The van der Waals surface area contributed by atoms with Gasteiger partial charge >= 0.3 is 0 Å². The first-order valence-corrected chi connectivity index (χ1v) is 6.43. The topological polar surface area (TPSA) is 75.4 Å². The molecular formula is C10H17N3O2S. The van der Waals surface area contributed by atoms with E-state index in [0.29, 0.717) is 12.1 Å². The molecule has 1 rings (SSSR count). The molecule has 0 amide bonds. The molecular weight excluding hydrogens is 226 g/mol. The van der Waals surface area contributed by atoms with Crippen LogP contribution < -0.4 is 10.6 Å². The summed E-state index contributed by atoms with van der Waals surface area (Å²) in [6.07, 6.45) is 0.643. The largest absolute Gasteiger partial charge is 0.399 e. The van der Waals surface area contributed by atoms with E-state index in [4.69, 9.17) is 5.73 Å². The highest BCUT2D eigenvalue weighted by Crippen LogP contribution is 2.19. The Bertz CT molecular complexity index is 469. The van der Waals surface area contributed by atoms with Crippen molar-refractivity contribution in [2.24, 2.45) is 0 Å². The number of sulfonamides is 1. The van der Waals surface area contributed by atoms with Crippen LogP contribution in [0.5, 0.6) is 0 Å². The molecule has 0 aromatic heterocycles. The summed E-state index contributed by atoms with van der Waals surface area (Å²) in [7, 11) is -0.288. The van der Waals surface area contributed by atoms with Crippen LogP contribution in [0.1, 0.15) is 12.5 Å². The first kappa shape index (κ1) is 13.0. The molecule has 0 heterocycles. The fourth-order valence-corrected chi connectivity index (χ4v) is 2.83. The van der Waals surface area contributed by atoms with Gasteiger partial charge in [0.2, 0.25) is 0 Å². The molecule has 1 aromatic rings. The molecule has 0 aliphatic heterocycles. The van der Waals surface area contributed by atoms with Gasteiger partial charge in [-0.3, -0.25) is 0 Å². The lowest BCUT2D eigenvalue weighted by atomic mass is 10.1. The predicted octanol–water partition coefficient (Wildman–Crippen LogP) is 0.586. The van der Waals surface area contributed by atoms with E-state index in [2.05, 4.69) is 4.83 Å². The summed E-state index contributed by atoms with van der Waals surface area (Å²) in [5.41, 5.74) is 6.80. The second-order valence-electron chi connectivity index (χ2n) is 3.71. The molecule has 1 aromatic carbocycles. The van der Waals surface area contributed by atoms with E-state index in [1.807, 2.05) is 6.92 Å². The molecule has 90 valence electrons. The van der Waals surface area contributed by atoms with Crippen molar-refractivity contribution in [3.63, 3.8) is 0 Å². The number of nitrogens with one attached hydrogen (secondary N) is 1. The normalized spacial score (nSPS) is 12.0. The molecule has 3 N–H and O–H groups in total. The standard InChI is InChI=1S/C10H17N3O2S/c1-4-8-5-6-9(11)7-10(8)16(14,15)12-13(2)3/h5-7,12H,4,11H2,1-3H3. The summed E-state index contributed by atoms with van der Waals surface area (Å²) in [5, 5.41) is 1.39. The third-order valence-electron chi connectivity index (χ3n) is 2.06. The summed E-state index contributed by atoms with van der Waals surface area (Å²) in [6, 6.07) is 4.91. The fraction of sp³-hybridized carbons (Fsp3) is 0.400. The number of anilines is 1. The number of nitrogen functional groups attached to an aromatic ring is 1. The third-order valence-corrected chi connectivity index (χ3v) is 3.63. The Labute approximate surface area is 96.3 Å². The molecule has 6 heteroatoms. The molecule has 0 spiro atoms. The van der Waals surface area contributed by atoms with Gasteiger partial charge in [0.25, 0.3) is 10.0 Å². The van der Waals surface area contributed by atoms with Gasteiger partial charge in [0.05, 0.1) is 4.90 Å². The Kier molecular flexibility index (Phi) is 3.90. The van der Waals surface area contributed by atoms with Crippen LogP contribution in [-0.4, -0.2) is 27.5 Å². The Morgan fingerprint density at radius 3 is 2.50 bits per heavy atom. The van der Waals surface area contributed by atoms with E-state index in [0.717, 1.165) is 5.56 Å². The first-order valence-electron chi connectivity index (χ1n) is 4.95. The average Bonchev–Trinajstić information content (AvgIpc) is 2.15. The highest BCUT2D eigenvalue weighted by molar-refractivity contribution is 7.89. The first-order chi connectivity index (χ1) is 7.36. The van der Waals surface area contributed by atoms with Gasteiger partial charge in [-0.1, -0.05) is 13.0 Å². The summed E-state index contributed by atoms with van der Waals surface area (Å²) in [5.74, 6) is 0. The summed E-state index contributed by atoms with van der Waals surface area (Å²) >= 11 is 0. The molecule has 0 bridgehead atoms. The number of nitrogens with two attached hydrogens (primary N) is 1. The van der Waals surface area contributed by atoms with Gasteiger partial charge in [0, 0.05) is 19.8 Å². The van der Waals surface area contributed by atoms with Crippen LogP contribution in [0.15, 0.2) is 23.1 Å². The van der Waals surface area contributed by atoms with Crippen molar-refractivity contribution < 1.29 is 8.42 Å². The fourth-order valence-electron chi connectivity index (χ4n) is 1.40. The maximum absolute atomic E-state index is 12.0. The molecule has 16 heavy (non-hydrogen) atoms. The maximum Gasteiger partial charge on any atom is 0.253 e. The van der Waals surface area contributed by atoms with Gasteiger partial charge in [-0.15, -0.1) is 4.83 Å². The molecule has 0 saturated carbocycles. The second-order valence-corrected chi connectivity index (χ2v) is 5.34. The maximum atomic E-state index is 12.0. The summed E-state index contributed by atoms with van der Waals surface area (Å²) in [6.45, 7) is 1.90. The molecule has 0 radical (unpaired) electrons. The van der Waals surface area contributed by atoms with Gasteiger partial charge in [-0.25, -0.2) is 13.4 Å². The van der Waals surface area contributed by atoms with Crippen molar-refractivity contribution in [3.8, 4) is 0 Å². The van der Waals surface area contributed by atoms with Crippen LogP contribution in [0.4, 0.5) is 5.69 Å². The predicted molar refractivity (Wildman–Crippen MR) is 64.2 cm³/mol. The van der Waals surface area contributed by atoms with Crippen LogP contribution in [-0.2, 0) is 16.4 Å². The van der Waals surface area contributed by atoms with Crippen LogP contribution >= 0.6 is 0 Å². The van der Waals surface area contributed by atoms with Crippen molar-refractivity contribution in [2.45, 2.75) is 18.2 Å². The van der Waals surface area contributed by atoms with Gasteiger partial charge in [0.15, 0.2) is 0 Å². The third kappa shape index (κ3) is 2.94. The van der Waals surface area contributed by atoms with Crippen molar-refractivity contribution >= 4 is 15.7 Å². The Morgan fingerprint density at radius 1 is 1.38 bits per heavy atom. The lowest BCUT2D eigenvalue weighted by Crippen LogP contribution is -2.36. The number of rotatable bonds is 4. The van der Waals surface area contributed by atoms with E-state index >= 15 is 0 Å². The smallest absolute Gasteiger partial charge is 0.253 e. The minimum atomic E-state index is -3.53. The van der Waals surface area contributed by atoms with E-state index in [1.165, 1.54) is 11.1 Å². The van der Waals surface area contributed by atoms with Crippen molar-refractivity contribution in [1.29, 1.82) is 0 Å². The number of aryl methyl sites for hydroxylation is 1. The number of nitrogens with zero attached hydrogens (tertiary/aromatic N) is 1. The van der Waals surface area contributed by atoms with Crippen molar-refractivity contribution in [3.05, 3.63) is 23.8 Å². The lowest BCUT2D eigenvalue weighted by molar-refractivity contribution is 0.364. The molecule has 0 atom stereocenters. The van der Waals surface area contributed by atoms with E-state index in [-0.39, 0.29) is 4.90 Å². The average molecular weight is 243 g/mol. The van der Waals surface area contributed by atoms with E-state index in [1.54, 1.807) is 26.2 Å². The number of hydrazine groups is 1. The molecule has 0 saturated heterocycles. The van der Waals surface area contributed by atoms with Crippen LogP contribution in [0.2, 0.25) is 0 Å². The SMILES string of the molecule is CCc1ccc(N)cc1S(=O)(=O)NN(C)C. The zero-order chi connectivity index (χ0) is 12.3. The van der Waals surface area contributed by atoms with Gasteiger partial charge in [-0.05, 0) is 24.1 Å². The molecule has 0 aliphatic carbocycles. The zero-order valence-electron chi connectivity index (χ0n) is 9.69. The Morgan fingerprint density at radius 2 is 2.00 bits per heavy atom. The quantitative estimate of drug-likeness (QED) is 0.599. The summed E-state index contributed by atoms with van der Waals surface area (Å²) in [4.78, 5) is 2.63. The minimum absolute atomic E-state index is 0.240. The second kappa shape index (κ2) is 4.82. The number of hydrogen-bond acceptors (Lipinski definition) is 4. The van der Waals surface area contributed by atoms with Gasteiger partial charge in [0.1, 0.15) is 0 Å². The highest BCUT2D eigenvalue weighted by atomic mass is 32.2. The minimum Gasteiger partial charge on any atom is -0.399 e. The van der Waals surface area contributed by atoms with Crippen LogP contribution in [0.25, 0.3) is 0 Å². The van der Waals surface area contributed by atoms with E-state index in [9.17, 15) is 8.42 Å². The van der Waals surface area contributed by atoms with Crippen molar-refractivity contribution in [1.82, 2.24) is 9.84 Å². The van der Waals surface area contributed by atoms with Crippen LogP contribution in [0, 0.1) is 0 Å². The highest BCUT2D eigenvalue weighted by Gasteiger charge is 2.18. The van der Waals surface area contributed by atoms with Gasteiger partial charge in [-0.2, -0.15) is 0 Å².